The van der Waals surface area contributed by atoms with Crippen molar-refractivity contribution in [3.8, 4) is 5.82 Å². The Hall–Kier alpha value is -3.21. The van der Waals surface area contributed by atoms with E-state index in [-0.39, 0.29) is 0 Å². The topological polar surface area (TPSA) is 91.5 Å². The Morgan fingerprint density at radius 2 is 1.79 bits per heavy atom. The molecule has 0 radical (unpaired) electrons. The quantitative estimate of drug-likeness (QED) is 0.333. The van der Waals surface area contributed by atoms with Crippen LogP contribution in [0.2, 0.25) is 5.02 Å². The van der Waals surface area contributed by atoms with Gasteiger partial charge in [0.25, 0.3) is 0 Å². The molecule has 5 rings (SSSR count). The van der Waals surface area contributed by atoms with Crippen molar-refractivity contribution < 1.29 is 4.21 Å². The van der Waals surface area contributed by atoms with Crippen LogP contribution in [0.1, 0.15) is 19.0 Å². The average molecular weight is 553 g/mol. The van der Waals surface area contributed by atoms with Crippen molar-refractivity contribution in [3.63, 3.8) is 0 Å². The van der Waals surface area contributed by atoms with E-state index in [1.165, 1.54) is 5.69 Å². The summed E-state index contributed by atoms with van der Waals surface area (Å²) in [5.74, 6) is 1.50. The molecule has 1 aliphatic heterocycles. The van der Waals surface area contributed by atoms with Crippen LogP contribution in [0.4, 0.5) is 23.1 Å². The van der Waals surface area contributed by atoms with Crippen molar-refractivity contribution >= 4 is 55.5 Å². The Morgan fingerprint density at radius 1 is 1.05 bits per heavy atom. The third-order valence-corrected chi connectivity index (χ3v) is 7.53. The van der Waals surface area contributed by atoms with Crippen LogP contribution in [0.15, 0.2) is 53.0 Å². The second-order valence-electron chi connectivity index (χ2n) is 9.87. The highest BCUT2D eigenvalue weighted by atomic mass is 35.5. The van der Waals surface area contributed by atoms with Crippen molar-refractivity contribution in [3.05, 3.63) is 59.4 Å². The van der Waals surface area contributed by atoms with Gasteiger partial charge in [-0.2, -0.15) is 9.35 Å². The van der Waals surface area contributed by atoms with Crippen LogP contribution < -0.4 is 10.2 Å². The standard InChI is InChI=1S/C27H33ClN8OS/c1-5-7-22-25(28)21-18-29-27(30-19-10-12-20(13-11-19)35-16-14-34(2)15-17-35)32-26(21)36(22)24-9-6-8-23(31-24)33-38(3,4)37/h6,8-13,18H,5,7,14-17H2,1-4H3,(H,29,30,32). The number of piperazine rings is 1. The zero-order valence-corrected chi connectivity index (χ0v) is 23.8. The number of aromatic nitrogens is 4. The number of benzene rings is 1. The summed E-state index contributed by atoms with van der Waals surface area (Å²) < 4.78 is 18.5. The van der Waals surface area contributed by atoms with Crippen LogP contribution in [0.25, 0.3) is 16.9 Å². The normalized spacial score (nSPS) is 14.7. The number of nitrogens with zero attached hydrogens (tertiary/aromatic N) is 7. The summed E-state index contributed by atoms with van der Waals surface area (Å²) in [5.41, 5.74) is 3.68. The Kier molecular flexibility index (Phi) is 7.56. The molecule has 0 spiro atoms. The Balaban J connectivity index is 1.49. The van der Waals surface area contributed by atoms with E-state index in [1.807, 2.05) is 16.7 Å². The first kappa shape index (κ1) is 26.4. The maximum Gasteiger partial charge on any atom is 0.229 e. The zero-order valence-electron chi connectivity index (χ0n) is 22.2. The van der Waals surface area contributed by atoms with Crippen LogP contribution in [0.5, 0.6) is 0 Å². The smallest absolute Gasteiger partial charge is 0.229 e. The van der Waals surface area contributed by atoms with E-state index in [4.69, 9.17) is 16.6 Å². The highest BCUT2D eigenvalue weighted by Gasteiger charge is 2.20. The maximum absolute atomic E-state index is 12.3. The van der Waals surface area contributed by atoms with E-state index in [0.29, 0.717) is 28.3 Å². The van der Waals surface area contributed by atoms with Crippen molar-refractivity contribution in [1.82, 2.24) is 24.4 Å². The van der Waals surface area contributed by atoms with Crippen LogP contribution in [-0.2, 0) is 16.1 Å². The number of rotatable bonds is 7. The summed E-state index contributed by atoms with van der Waals surface area (Å²) in [4.78, 5) is 18.8. The summed E-state index contributed by atoms with van der Waals surface area (Å²) in [6.45, 7) is 6.29. The zero-order chi connectivity index (χ0) is 26.9. The molecule has 11 heteroatoms. The summed E-state index contributed by atoms with van der Waals surface area (Å²) in [6.07, 6.45) is 6.58. The van der Waals surface area contributed by atoms with Gasteiger partial charge in [-0.1, -0.05) is 31.0 Å². The lowest BCUT2D eigenvalue weighted by molar-refractivity contribution is 0.313. The van der Waals surface area contributed by atoms with Gasteiger partial charge < -0.3 is 15.1 Å². The molecule has 200 valence electrons. The fourth-order valence-electron chi connectivity index (χ4n) is 4.61. The lowest BCUT2D eigenvalue weighted by Gasteiger charge is -2.34. The second-order valence-corrected chi connectivity index (χ2v) is 12.8. The van der Waals surface area contributed by atoms with E-state index in [2.05, 4.69) is 67.7 Å². The van der Waals surface area contributed by atoms with Crippen LogP contribution >= 0.6 is 11.6 Å². The maximum atomic E-state index is 12.3. The molecule has 0 amide bonds. The first-order chi connectivity index (χ1) is 18.2. The molecule has 0 bridgehead atoms. The monoisotopic (exact) mass is 552 g/mol. The molecule has 0 aliphatic carbocycles. The van der Waals surface area contributed by atoms with Gasteiger partial charge in [0.15, 0.2) is 11.5 Å². The van der Waals surface area contributed by atoms with E-state index in [9.17, 15) is 4.21 Å². The number of fused-ring (bicyclic) bond motifs is 1. The molecule has 4 heterocycles. The molecule has 1 aromatic carbocycles. The van der Waals surface area contributed by atoms with Gasteiger partial charge >= 0.3 is 0 Å². The number of likely N-dealkylation sites (N-methyl/N-ethyl adjacent to an activating group) is 1. The van der Waals surface area contributed by atoms with Gasteiger partial charge in [-0.3, -0.25) is 4.57 Å². The summed E-state index contributed by atoms with van der Waals surface area (Å²) in [5, 5.41) is 4.70. The Morgan fingerprint density at radius 3 is 2.47 bits per heavy atom. The lowest BCUT2D eigenvalue weighted by atomic mass is 10.2. The third-order valence-electron chi connectivity index (χ3n) is 6.48. The molecule has 4 aromatic rings. The molecule has 9 nitrogen and oxygen atoms in total. The molecule has 1 N–H and O–H groups in total. The van der Waals surface area contributed by atoms with Gasteiger partial charge in [0, 0.05) is 71.7 Å². The van der Waals surface area contributed by atoms with Crippen molar-refractivity contribution in [2.75, 3.05) is 56.0 Å². The molecule has 0 atom stereocenters. The highest BCUT2D eigenvalue weighted by molar-refractivity contribution is 7.92. The third kappa shape index (κ3) is 5.77. The average Bonchev–Trinajstić information content (AvgIpc) is 3.15. The van der Waals surface area contributed by atoms with Gasteiger partial charge in [-0.25, -0.2) is 14.2 Å². The van der Waals surface area contributed by atoms with Gasteiger partial charge in [0.2, 0.25) is 5.95 Å². The van der Waals surface area contributed by atoms with Crippen molar-refractivity contribution in [2.45, 2.75) is 19.8 Å². The minimum absolute atomic E-state index is 0.408. The molecule has 1 aliphatic rings. The van der Waals surface area contributed by atoms with E-state index >= 15 is 0 Å². The summed E-state index contributed by atoms with van der Waals surface area (Å²) in [7, 11) is -0.193. The van der Waals surface area contributed by atoms with E-state index in [0.717, 1.165) is 55.8 Å². The Labute approximate surface area is 229 Å². The van der Waals surface area contributed by atoms with E-state index in [1.54, 1.807) is 24.8 Å². The number of hydrogen-bond acceptors (Lipinski definition) is 8. The molecular weight excluding hydrogens is 520 g/mol. The number of anilines is 3. The van der Waals surface area contributed by atoms with Crippen molar-refractivity contribution in [1.29, 1.82) is 0 Å². The number of hydrogen-bond donors (Lipinski definition) is 1. The fraction of sp³-hybridized carbons (Fsp3) is 0.370. The molecule has 1 saturated heterocycles. The molecule has 0 saturated carbocycles. The number of nitrogens with one attached hydrogen (secondary N) is 1. The number of pyridine rings is 1. The largest absolute Gasteiger partial charge is 0.369 e. The van der Waals surface area contributed by atoms with E-state index < -0.39 is 9.73 Å². The fourth-order valence-corrected chi connectivity index (χ4v) is 5.47. The van der Waals surface area contributed by atoms with Gasteiger partial charge in [0.05, 0.1) is 10.4 Å². The lowest BCUT2D eigenvalue weighted by Crippen LogP contribution is -2.44. The minimum Gasteiger partial charge on any atom is -0.369 e. The van der Waals surface area contributed by atoms with Gasteiger partial charge in [0.1, 0.15) is 5.82 Å². The molecule has 0 unspecified atom stereocenters. The number of halogens is 1. The molecular formula is C27H33ClN8OS. The van der Waals surface area contributed by atoms with Gasteiger partial charge in [-0.15, -0.1) is 0 Å². The van der Waals surface area contributed by atoms with Crippen molar-refractivity contribution in [2.24, 2.45) is 4.36 Å². The van der Waals surface area contributed by atoms with Crippen LogP contribution in [0.3, 0.4) is 0 Å². The predicted molar refractivity (Wildman–Crippen MR) is 157 cm³/mol. The first-order valence-electron chi connectivity index (χ1n) is 12.7. The second kappa shape index (κ2) is 10.9. The Bertz CT molecular complexity index is 1560. The molecule has 38 heavy (non-hydrogen) atoms. The predicted octanol–water partition coefficient (Wildman–Crippen LogP) is 5.28. The minimum atomic E-state index is -2.35. The SMILES string of the molecule is CCCc1c(Cl)c2cnc(Nc3ccc(N4CCN(C)CC4)cc3)nc2n1-c1cccc(N=S(C)(C)=O)n1. The van der Waals surface area contributed by atoms with Gasteiger partial charge in [-0.05, 0) is 49.9 Å². The highest BCUT2D eigenvalue weighted by Crippen LogP contribution is 2.34. The van der Waals surface area contributed by atoms with Crippen LogP contribution in [-0.4, -0.2) is 74.4 Å². The molecule has 3 aromatic heterocycles. The summed E-state index contributed by atoms with van der Waals surface area (Å²) in [6, 6.07) is 13.8. The first-order valence-corrected chi connectivity index (χ1v) is 15.4. The molecule has 1 fully saturated rings. The van der Waals surface area contributed by atoms with Crippen LogP contribution in [0, 0.1) is 0 Å². The summed E-state index contributed by atoms with van der Waals surface area (Å²) >= 11 is 6.82.